The van der Waals surface area contributed by atoms with Crippen LogP contribution < -0.4 is 10.6 Å². The van der Waals surface area contributed by atoms with Gasteiger partial charge >= 0.3 is 0 Å². The Morgan fingerprint density at radius 3 is 2.73 bits per heavy atom. The molecule has 0 saturated carbocycles. The molecule has 0 aliphatic heterocycles. The van der Waals surface area contributed by atoms with Crippen LogP contribution in [0.3, 0.4) is 0 Å². The second-order valence-electron chi connectivity index (χ2n) is 5.70. The highest BCUT2D eigenvalue weighted by molar-refractivity contribution is 9.11. The Labute approximate surface area is 162 Å². The predicted octanol–water partition coefficient (Wildman–Crippen LogP) is 4.89. The molecule has 0 fully saturated rings. The van der Waals surface area contributed by atoms with E-state index in [1.165, 1.54) is 17.0 Å². The van der Waals surface area contributed by atoms with Gasteiger partial charge in [0.25, 0.3) is 0 Å². The first-order valence-corrected chi connectivity index (χ1v) is 9.42. The quantitative estimate of drug-likeness (QED) is 0.551. The van der Waals surface area contributed by atoms with Crippen LogP contribution in [-0.4, -0.2) is 9.78 Å². The minimum Gasteiger partial charge on any atom is -0.381 e. The topological polar surface area (TPSA) is 41.9 Å². The zero-order chi connectivity index (χ0) is 18.7. The van der Waals surface area contributed by atoms with Crippen LogP contribution in [0.1, 0.15) is 16.0 Å². The number of thiophene rings is 1. The van der Waals surface area contributed by atoms with E-state index in [-0.39, 0.29) is 0 Å². The van der Waals surface area contributed by atoms with E-state index >= 15 is 0 Å². The van der Waals surface area contributed by atoms with Crippen LogP contribution in [-0.2, 0) is 20.1 Å². The van der Waals surface area contributed by atoms with E-state index in [9.17, 15) is 8.78 Å². The normalized spacial score (nSPS) is 10.8. The number of aryl methyl sites for hydroxylation is 1. The van der Waals surface area contributed by atoms with E-state index in [1.807, 2.05) is 25.4 Å². The van der Waals surface area contributed by atoms with Gasteiger partial charge in [-0.1, -0.05) is 12.6 Å². The van der Waals surface area contributed by atoms with Crippen molar-refractivity contribution in [2.24, 2.45) is 7.05 Å². The van der Waals surface area contributed by atoms with Crippen molar-refractivity contribution >= 4 is 38.8 Å². The van der Waals surface area contributed by atoms with Crippen LogP contribution in [0, 0.1) is 11.6 Å². The molecule has 0 aliphatic rings. The van der Waals surface area contributed by atoms with Crippen molar-refractivity contribution in [3.8, 4) is 0 Å². The molecule has 0 spiro atoms. The lowest BCUT2D eigenvalue weighted by Gasteiger charge is -2.11. The van der Waals surface area contributed by atoms with Crippen LogP contribution in [0.2, 0.25) is 0 Å². The first-order valence-electron chi connectivity index (χ1n) is 7.81. The fraction of sp³-hybridized carbons (Fsp3) is 0.167. The highest BCUT2D eigenvalue weighted by Gasteiger charge is 2.12. The highest BCUT2D eigenvalue weighted by Crippen LogP contribution is 2.25. The van der Waals surface area contributed by atoms with Gasteiger partial charge in [0.2, 0.25) is 0 Å². The molecule has 8 heteroatoms. The molecule has 2 N–H and O–H groups in total. The van der Waals surface area contributed by atoms with Crippen LogP contribution in [0.4, 0.5) is 14.6 Å². The lowest BCUT2D eigenvalue weighted by atomic mass is 10.2. The largest absolute Gasteiger partial charge is 0.381 e. The number of rotatable bonds is 7. The molecule has 0 unspecified atom stereocenters. The van der Waals surface area contributed by atoms with E-state index in [0.29, 0.717) is 30.2 Å². The molecule has 0 radical (unpaired) electrons. The minimum absolute atomic E-state index is 0.336. The molecule has 136 valence electrons. The third-order valence-corrected chi connectivity index (χ3v) is 5.33. The lowest BCUT2D eigenvalue weighted by molar-refractivity contribution is 0.507. The zero-order valence-electron chi connectivity index (χ0n) is 14.0. The van der Waals surface area contributed by atoms with Gasteiger partial charge in [-0.25, -0.2) is 8.78 Å². The van der Waals surface area contributed by atoms with Gasteiger partial charge in [0.1, 0.15) is 0 Å². The Morgan fingerprint density at radius 1 is 1.23 bits per heavy atom. The number of anilines is 1. The maximum Gasteiger partial charge on any atom is 0.159 e. The van der Waals surface area contributed by atoms with E-state index in [2.05, 4.69) is 38.2 Å². The van der Waals surface area contributed by atoms with Crippen molar-refractivity contribution < 1.29 is 8.78 Å². The molecular weight excluding hydrogens is 422 g/mol. The van der Waals surface area contributed by atoms with Crippen LogP contribution in [0.15, 0.2) is 46.9 Å². The second-order valence-corrected chi connectivity index (χ2v) is 8.25. The summed E-state index contributed by atoms with van der Waals surface area (Å²) in [5.74, 6) is -1.01. The zero-order valence-corrected chi connectivity index (χ0v) is 16.4. The number of benzene rings is 1. The minimum atomic E-state index is -0.860. The Kier molecular flexibility index (Phi) is 5.73. The van der Waals surface area contributed by atoms with Crippen molar-refractivity contribution in [3.63, 3.8) is 0 Å². The molecule has 2 aromatic heterocycles. The lowest BCUT2D eigenvalue weighted by Crippen LogP contribution is -2.12. The van der Waals surface area contributed by atoms with Crippen LogP contribution in [0.5, 0.6) is 0 Å². The smallest absolute Gasteiger partial charge is 0.159 e. The molecule has 4 nitrogen and oxygen atoms in total. The Morgan fingerprint density at radius 2 is 2.04 bits per heavy atom. The molecule has 0 aliphatic carbocycles. The van der Waals surface area contributed by atoms with E-state index in [4.69, 9.17) is 0 Å². The standard InChI is InChI=1S/C18H17BrF2N4S/c1-11(22-8-12-3-5-15(20)16(21)7-12)14-10-25(2)24-18(14)23-9-13-4-6-17(19)26-13/h3-7,10,22H,1,8-9H2,2H3,(H,23,24). The molecule has 3 aromatic rings. The van der Waals surface area contributed by atoms with Gasteiger partial charge in [-0.05, 0) is 45.8 Å². The van der Waals surface area contributed by atoms with Gasteiger partial charge < -0.3 is 10.6 Å². The van der Waals surface area contributed by atoms with Crippen molar-refractivity contribution in [1.82, 2.24) is 15.1 Å². The second kappa shape index (κ2) is 8.01. The molecule has 0 bridgehead atoms. The summed E-state index contributed by atoms with van der Waals surface area (Å²) in [4.78, 5) is 1.17. The van der Waals surface area contributed by atoms with Gasteiger partial charge in [-0.2, -0.15) is 5.10 Å². The van der Waals surface area contributed by atoms with Gasteiger partial charge in [-0.3, -0.25) is 4.68 Å². The predicted molar refractivity (Wildman–Crippen MR) is 105 cm³/mol. The highest BCUT2D eigenvalue weighted by atomic mass is 79.9. The van der Waals surface area contributed by atoms with Gasteiger partial charge in [0.15, 0.2) is 17.5 Å². The Hall–Kier alpha value is -2.19. The van der Waals surface area contributed by atoms with Gasteiger partial charge in [0, 0.05) is 30.4 Å². The molecular formula is C18H17BrF2N4S. The number of halogens is 3. The van der Waals surface area contributed by atoms with E-state index < -0.39 is 11.6 Å². The van der Waals surface area contributed by atoms with Crippen molar-refractivity contribution in [2.45, 2.75) is 13.1 Å². The summed E-state index contributed by atoms with van der Waals surface area (Å²) >= 11 is 5.10. The third-order valence-electron chi connectivity index (χ3n) is 3.70. The summed E-state index contributed by atoms with van der Waals surface area (Å²) in [7, 11) is 1.83. The number of hydrogen-bond acceptors (Lipinski definition) is 4. The van der Waals surface area contributed by atoms with Crippen LogP contribution >= 0.6 is 27.3 Å². The monoisotopic (exact) mass is 438 g/mol. The fourth-order valence-electron chi connectivity index (χ4n) is 2.41. The van der Waals surface area contributed by atoms with E-state index in [0.717, 1.165) is 15.4 Å². The number of nitrogens with one attached hydrogen (secondary N) is 2. The van der Waals surface area contributed by atoms with Crippen molar-refractivity contribution in [1.29, 1.82) is 0 Å². The summed E-state index contributed by atoms with van der Waals surface area (Å²) in [6.07, 6.45) is 1.85. The molecule has 0 atom stereocenters. The Bertz CT molecular complexity index is 935. The van der Waals surface area contributed by atoms with Crippen molar-refractivity contribution in [3.05, 3.63) is 74.5 Å². The SMILES string of the molecule is C=C(NCc1ccc(F)c(F)c1)c1cn(C)nc1NCc1ccc(Br)s1. The first kappa shape index (κ1) is 18.6. The number of aromatic nitrogens is 2. The third kappa shape index (κ3) is 4.50. The summed E-state index contributed by atoms with van der Waals surface area (Å²) in [6, 6.07) is 7.87. The summed E-state index contributed by atoms with van der Waals surface area (Å²) in [5.41, 5.74) is 2.11. The molecule has 2 heterocycles. The average molecular weight is 439 g/mol. The molecule has 1 aromatic carbocycles. The van der Waals surface area contributed by atoms with Gasteiger partial charge in [-0.15, -0.1) is 11.3 Å². The summed E-state index contributed by atoms with van der Waals surface area (Å²) in [5, 5.41) is 10.9. The Balaban J connectivity index is 1.65. The van der Waals surface area contributed by atoms with E-state index in [1.54, 1.807) is 16.0 Å². The molecule has 0 saturated heterocycles. The summed E-state index contributed by atoms with van der Waals surface area (Å²) < 4.78 is 29.1. The molecule has 3 rings (SSSR count). The number of nitrogens with zero attached hydrogens (tertiary/aromatic N) is 2. The maximum absolute atomic E-state index is 13.3. The first-order chi connectivity index (χ1) is 12.4. The molecule has 0 amide bonds. The number of hydrogen-bond donors (Lipinski definition) is 2. The maximum atomic E-state index is 13.3. The average Bonchev–Trinajstić information content (AvgIpc) is 3.19. The van der Waals surface area contributed by atoms with Crippen LogP contribution in [0.25, 0.3) is 5.70 Å². The summed E-state index contributed by atoms with van der Waals surface area (Å²) in [6.45, 7) is 5.02. The van der Waals surface area contributed by atoms with Gasteiger partial charge in [0.05, 0.1) is 15.9 Å². The fourth-order valence-corrected chi connectivity index (χ4v) is 3.83. The van der Waals surface area contributed by atoms with Crippen molar-refractivity contribution in [2.75, 3.05) is 5.32 Å². The molecule has 26 heavy (non-hydrogen) atoms.